The lowest BCUT2D eigenvalue weighted by Crippen LogP contribution is -2.49. The minimum atomic E-state index is -1.13. The number of carbonyl (C=O) groups is 2. The molecule has 0 bridgehead atoms. The van der Waals surface area contributed by atoms with Gasteiger partial charge in [-0.05, 0) is 19.3 Å². The van der Waals surface area contributed by atoms with Crippen molar-refractivity contribution in [1.82, 2.24) is 5.32 Å². The topological polar surface area (TPSA) is 75.6 Å². The van der Waals surface area contributed by atoms with Crippen LogP contribution < -0.4 is 5.32 Å². The predicted octanol–water partition coefficient (Wildman–Crippen LogP) is 0.312. The van der Waals surface area contributed by atoms with Gasteiger partial charge >= 0.3 is 5.97 Å². The number of hydrogen-bond donors (Lipinski definition) is 2. The standard InChI is InChI=1S/C10H15NO4/c1-15-10(5-2-6-10)7-11-8(12)3-4-9(13)14/h3-4H,2,5-7H2,1H3,(H,11,12)(H,13,14)/b4-3+. The van der Waals surface area contributed by atoms with Crippen molar-refractivity contribution in [3.8, 4) is 0 Å². The Morgan fingerprint density at radius 3 is 2.53 bits per heavy atom. The van der Waals surface area contributed by atoms with E-state index in [0.717, 1.165) is 31.4 Å². The third kappa shape index (κ3) is 3.36. The van der Waals surface area contributed by atoms with E-state index in [1.165, 1.54) is 0 Å². The van der Waals surface area contributed by atoms with Crippen LogP contribution in [0.25, 0.3) is 0 Å². The number of amides is 1. The third-order valence-electron chi connectivity index (χ3n) is 2.66. The van der Waals surface area contributed by atoms with Gasteiger partial charge in [0.25, 0.3) is 0 Å². The zero-order valence-corrected chi connectivity index (χ0v) is 8.66. The molecule has 0 aliphatic heterocycles. The highest BCUT2D eigenvalue weighted by molar-refractivity contribution is 5.93. The number of rotatable bonds is 5. The molecular weight excluding hydrogens is 198 g/mol. The molecule has 0 unspecified atom stereocenters. The number of carboxylic acids is 1. The molecular formula is C10H15NO4. The van der Waals surface area contributed by atoms with Crippen LogP contribution >= 0.6 is 0 Å². The van der Waals surface area contributed by atoms with Gasteiger partial charge in [0.2, 0.25) is 5.91 Å². The van der Waals surface area contributed by atoms with Gasteiger partial charge in [0.15, 0.2) is 0 Å². The summed E-state index contributed by atoms with van der Waals surface area (Å²) in [7, 11) is 1.62. The number of aliphatic carboxylic acids is 1. The minimum Gasteiger partial charge on any atom is -0.478 e. The Hall–Kier alpha value is -1.36. The van der Waals surface area contributed by atoms with E-state index in [-0.39, 0.29) is 5.60 Å². The van der Waals surface area contributed by atoms with Gasteiger partial charge in [-0.15, -0.1) is 0 Å². The first-order valence-corrected chi connectivity index (χ1v) is 4.82. The average Bonchev–Trinajstić information content (AvgIpc) is 2.14. The molecule has 0 aromatic rings. The molecule has 1 rings (SSSR count). The lowest BCUT2D eigenvalue weighted by molar-refractivity contribution is -0.131. The molecule has 0 radical (unpaired) electrons. The molecule has 0 heterocycles. The van der Waals surface area contributed by atoms with Crippen molar-refractivity contribution < 1.29 is 19.4 Å². The molecule has 5 nitrogen and oxygen atoms in total. The minimum absolute atomic E-state index is 0.229. The molecule has 84 valence electrons. The van der Waals surface area contributed by atoms with Crippen molar-refractivity contribution in [3.63, 3.8) is 0 Å². The first-order valence-electron chi connectivity index (χ1n) is 4.82. The van der Waals surface area contributed by atoms with Gasteiger partial charge in [0, 0.05) is 25.8 Å². The highest BCUT2D eigenvalue weighted by atomic mass is 16.5. The Morgan fingerprint density at radius 2 is 2.13 bits per heavy atom. The Kier molecular flexibility index (Phi) is 3.85. The Labute approximate surface area is 88.1 Å². The van der Waals surface area contributed by atoms with E-state index >= 15 is 0 Å². The third-order valence-corrected chi connectivity index (χ3v) is 2.66. The maximum absolute atomic E-state index is 11.1. The van der Waals surface area contributed by atoms with Crippen LogP contribution in [0.1, 0.15) is 19.3 Å². The molecule has 1 fully saturated rings. The fourth-order valence-corrected chi connectivity index (χ4v) is 1.48. The van der Waals surface area contributed by atoms with Crippen LogP contribution in [0.15, 0.2) is 12.2 Å². The quantitative estimate of drug-likeness (QED) is 0.644. The van der Waals surface area contributed by atoms with Crippen molar-refractivity contribution >= 4 is 11.9 Å². The van der Waals surface area contributed by atoms with Crippen molar-refractivity contribution in [2.75, 3.05) is 13.7 Å². The second-order valence-corrected chi connectivity index (χ2v) is 3.63. The van der Waals surface area contributed by atoms with Crippen LogP contribution in [0.4, 0.5) is 0 Å². The van der Waals surface area contributed by atoms with E-state index in [4.69, 9.17) is 9.84 Å². The van der Waals surface area contributed by atoms with Crippen LogP contribution in [0.5, 0.6) is 0 Å². The first-order chi connectivity index (χ1) is 7.08. The summed E-state index contributed by atoms with van der Waals surface area (Å²) in [5, 5.41) is 10.9. The maximum Gasteiger partial charge on any atom is 0.328 e. The Morgan fingerprint density at radius 1 is 1.47 bits per heavy atom. The molecule has 15 heavy (non-hydrogen) atoms. The van der Waals surface area contributed by atoms with Gasteiger partial charge in [-0.3, -0.25) is 4.79 Å². The number of methoxy groups -OCH3 is 1. The molecule has 0 spiro atoms. The van der Waals surface area contributed by atoms with E-state index < -0.39 is 11.9 Å². The SMILES string of the molecule is COC1(CNC(=O)/C=C/C(=O)O)CCC1. The molecule has 1 aliphatic carbocycles. The van der Waals surface area contributed by atoms with Crippen molar-refractivity contribution in [3.05, 3.63) is 12.2 Å². The summed E-state index contributed by atoms with van der Waals surface area (Å²) in [6.45, 7) is 0.437. The highest BCUT2D eigenvalue weighted by Gasteiger charge is 2.36. The Bertz CT molecular complexity index is 276. The molecule has 1 saturated carbocycles. The largest absolute Gasteiger partial charge is 0.478 e. The summed E-state index contributed by atoms with van der Waals surface area (Å²) >= 11 is 0. The van der Waals surface area contributed by atoms with Gasteiger partial charge in [-0.25, -0.2) is 4.79 Å². The fourth-order valence-electron chi connectivity index (χ4n) is 1.48. The van der Waals surface area contributed by atoms with Crippen molar-refractivity contribution in [2.24, 2.45) is 0 Å². The van der Waals surface area contributed by atoms with Gasteiger partial charge in [-0.2, -0.15) is 0 Å². The van der Waals surface area contributed by atoms with Crippen molar-refractivity contribution in [2.45, 2.75) is 24.9 Å². The van der Waals surface area contributed by atoms with Gasteiger partial charge in [0.05, 0.1) is 5.60 Å². The van der Waals surface area contributed by atoms with Crippen LogP contribution in [0, 0.1) is 0 Å². The molecule has 1 amide bonds. The summed E-state index contributed by atoms with van der Waals surface area (Å²) in [5.74, 6) is -1.53. The van der Waals surface area contributed by atoms with Gasteiger partial charge < -0.3 is 15.2 Å². The number of hydrogen-bond acceptors (Lipinski definition) is 3. The normalized spacial score (nSPS) is 18.5. The number of ether oxygens (including phenoxy) is 1. The van der Waals surface area contributed by atoms with Crippen LogP contribution in [0.3, 0.4) is 0 Å². The zero-order valence-electron chi connectivity index (χ0n) is 8.66. The second kappa shape index (κ2) is 4.93. The lowest BCUT2D eigenvalue weighted by atomic mass is 9.80. The van der Waals surface area contributed by atoms with Crippen LogP contribution in [0.2, 0.25) is 0 Å². The summed E-state index contributed by atoms with van der Waals surface area (Å²) in [5.41, 5.74) is -0.229. The van der Waals surface area contributed by atoms with Crippen LogP contribution in [-0.2, 0) is 14.3 Å². The molecule has 1 aliphatic rings. The highest BCUT2D eigenvalue weighted by Crippen LogP contribution is 2.34. The molecule has 2 N–H and O–H groups in total. The van der Waals surface area contributed by atoms with E-state index in [1.807, 2.05) is 0 Å². The number of carboxylic acid groups (broad SMARTS) is 1. The van der Waals surface area contributed by atoms with Gasteiger partial charge in [0.1, 0.15) is 0 Å². The van der Waals surface area contributed by atoms with Gasteiger partial charge in [-0.1, -0.05) is 0 Å². The summed E-state index contributed by atoms with van der Waals surface area (Å²) in [6.07, 6.45) is 4.80. The number of nitrogens with one attached hydrogen (secondary N) is 1. The monoisotopic (exact) mass is 213 g/mol. The second-order valence-electron chi connectivity index (χ2n) is 3.63. The molecule has 5 heteroatoms. The van der Waals surface area contributed by atoms with E-state index in [9.17, 15) is 9.59 Å². The molecule has 0 aromatic carbocycles. The molecule has 0 atom stereocenters. The van der Waals surface area contributed by atoms with E-state index in [0.29, 0.717) is 6.54 Å². The summed E-state index contributed by atoms with van der Waals surface area (Å²) in [6, 6.07) is 0. The first kappa shape index (κ1) is 11.7. The Balaban J connectivity index is 2.30. The molecule has 0 aromatic heterocycles. The average molecular weight is 213 g/mol. The van der Waals surface area contributed by atoms with E-state index in [1.54, 1.807) is 7.11 Å². The van der Waals surface area contributed by atoms with Crippen LogP contribution in [-0.4, -0.2) is 36.2 Å². The predicted molar refractivity (Wildman–Crippen MR) is 53.4 cm³/mol. The van der Waals surface area contributed by atoms with E-state index in [2.05, 4.69) is 5.32 Å². The fraction of sp³-hybridized carbons (Fsp3) is 0.600. The summed E-state index contributed by atoms with van der Waals surface area (Å²) < 4.78 is 5.29. The number of carbonyl (C=O) groups excluding carboxylic acids is 1. The maximum atomic E-state index is 11.1. The van der Waals surface area contributed by atoms with Crippen molar-refractivity contribution in [1.29, 1.82) is 0 Å². The summed E-state index contributed by atoms with van der Waals surface area (Å²) in [4.78, 5) is 21.3. The lowest BCUT2D eigenvalue weighted by Gasteiger charge is -2.40. The molecule has 0 saturated heterocycles. The smallest absolute Gasteiger partial charge is 0.328 e. The zero-order chi connectivity index (χ0) is 11.3.